The first-order valence-corrected chi connectivity index (χ1v) is 10.5. The minimum absolute atomic E-state index is 0.0904. The average molecular weight is 448 g/mol. The van der Waals surface area contributed by atoms with Gasteiger partial charge in [-0.1, -0.05) is 0 Å². The number of hydrogen-bond acceptors (Lipinski definition) is 7. The molecule has 0 amide bonds. The fourth-order valence-corrected chi connectivity index (χ4v) is 4.21. The second kappa shape index (κ2) is 8.21. The fourth-order valence-electron chi connectivity index (χ4n) is 4.21. The first kappa shape index (κ1) is 21.0. The van der Waals surface area contributed by atoms with Crippen LogP contribution in [0.2, 0.25) is 0 Å². The second-order valence-electron chi connectivity index (χ2n) is 8.19. The summed E-state index contributed by atoms with van der Waals surface area (Å²) in [6.07, 6.45) is 6.05. The fraction of sp³-hybridized carbons (Fsp3) is 0.261. The lowest BCUT2D eigenvalue weighted by molar-refractivity contribution is -0.00112. The number of nitrogens with zero attached hydrogens (tertiary/aromatic N) is 6. The van der Waals surface area contributed by atoms with Crippen LogP contribution in [-0.4, -0.2) is 54.4 Å². The van der Waals surface area contributed by atoms with Crippen molar-refractivity contribution < 1.29 is 14.3 Å². The predicted octanol–water partition coefficient (Wildman–Crippen LogP) is 1.96. The number of carbonyl (C=O) groups excluding carboxylic acids is 1. The molecular weight excluding hydrogens is 427 g/mol. The van der Waals surface area contributed by atoms with Crippen molar-refractivity contribution in [2.45, 2.75) is 25.0 Å². The predicted molar refractivity (Wildman–Crippen MR) is 119 cm³/mol. The van der Waals surface area contributed by atoms with Crippen LogP contribution < -0.4 is 10.5 Å². The summed E-state index contributed by atoms with van der Waals surface area (Å²) >= 11 is 0. The number of piperidine rings is 1. The monoisotopic (exact) mass is 448 g/mol. The first-order chi connectivity index (χ1) is 16.0. The van der Waals surface area contributed by atoms with Gasteiger partial charge in [-0.2, -0.15) is 5.10 Å². The Hall–Kier alpha value is -3.92. The van der Waals surface area contributed by atoms with Gasteiger partial charge in [0.25, 0.3) is 5.56 Å². The molecule has 0 radical (unpaired) electrons. The van der Waals surface area contributed by atoms with E-state index >= 15 is 0 Å². The van der Waals surface area contributed by atoms with Crippen LogP contribution in [0.25, 0.3) is 16.7 Å². The Bertz CT molecular complexity index is 1370. The molecule has 0 bridgehead atoms. The van der Waals surface area contributed by atoms with E-state index in [-0.39, 0.29) is 17.9 Å². The Morgan fingerprint density at radius 2 is 1.88 bits per heavy atom. The van der Waals surface area contributed by atoms with E-state index < -0.39 is 5.60 Å². The van der Waals surface area contributed by atoms with E-state index in [2.05, 4.69) is 15.1 Å². The molecule has 1 aromatic carbocycles. The van der Waals surface area contributed by atoms with E-state index in [1.165, 1.54) is 33.9 Å². The quantitative estimate of drug-likeness (QED) is 0.465. The lowest BCUT2D eigenvalue weighted by Gasteiger charge is -2.39. The van der Waals surface area contributed by atoms with Gasteiger partial charge in [0.2, 0.25) is 0 Å². The van der Waals surface area contributed by atoms with Crippen LogP contribution in [0.3, 0.4) is 0 Å². The molecule has 0 spiro atoms. The van der Waals surface area contributed by atoms with E-state index in [1.807, 2.05) is 4.90 Å². The molecule has 9 nitrogen and oxygen atoms in total. The highest BCUT2D eigenvalue weighted by molar-refractivity contribution is 5.82. The average Bonchev–Trinajstić information content (AvgIpc) is 3.27. The standard InChI is InChI=1S/C23H21FN6O3/c24-17-3-5-18(6-4-17)30-21-19(12-27-30)22(32)29(15-26-21)14-23(33)7-10-28(11-8-23)20-16(13-31)2-1-9-25-20/h1-6,9,12-13,15,33H,7-8,10-11,14H2. The highest BCUT2D eigenvalue weighted by atomic mass is 19.1. The minimum atomic E-state index is -1.10. The molecule has 0 unspecified atom stereocenters. The summed E-state index contributed by atoms with van der Waals surface area (Å²) < 4.78 is 16.1. The van der Waals surface area contributed by atoms with E-state index in [1.54, 1.807) is 30.5 Å². The summed E-state index contributed by atoms with van der Waals surface area (Å²) in [4.78, 5) is 35.0. The third-order valence-electron chi connectivity index (χ3n) is 6.03. The number of rotatable bonds is 5. The van der Waals surface area contributed by atoms with Gasteiger partial charge in [-0.15, -0.1) is 0 Å². The number of halogens is 1. The number of anilines is 1. The van der Waals surface area contributed by atoms with Crippen LogP contribution in [0.4, 0.5) is 10.2 Å². The van der Waals surface area contributed by atoms with Crippen molar-refractivity contribution in [3.63, 3.8) is 0 Å². The molecular formula is C23H21FN6O3. The highest BCUT2D eigenvalue weighted by Gasteiger charge is 2.34. The topological polar surface area (TPSA) is 106 Å². The van der Waals surface area contributed by atoms with Gasteiger partial charge in [-0.05, 0) is 49.2 Å². The molecule has 1 saturated heterocycles. The summed E-state index contributed by atoms with van der Waals surface area (Å²) in [6.45, 7) is 1.09. The molecule has 3 aromatic heterocycles. The molecule has 0 aliphatic carbocycles. The smallest absolute Gasteiger partial charge is 0.264 e. The van der Waals surface area contributed by atoms with Gasteiger partial charge in [0.1, 0.15) is 23.3 Å². The summed E-state index contributed by atoms with van der Waals surface area (Å²) in [5.41, 5.74) is 0.0512. The molecule has 1 fully saturated rings. The van der Waals surface area contributed by atoms with Gasteiger partial charge >= 0.3 is 0 Å². The van der Waals surface area contributed by atoms with Crippen LogP contribution in [-0.2, 0) is 6.54 Å². The molecule has 33 heavy (non-hydrogen) atoms. The van der Waals surface area contributed by atoms with Gasteiger partial charge in [0, 0.05) is 19.3 Å². The number of aliphatic hydroxyl groups is 1. The van der Waals surface area contributed by atoms with Gasteiger partial charge < -0.3 is 10.0 Å². The number of benzene rings is 1. The Morgan fingerprint density at radius 1 is 1.12 bits per heavy atom. The zero-order valence-electron chi connectivity index (χ0n) is 17.6. The van der Waals surface area contributed by atoms with Gasteiger partial charge in [-0.25, -0.2) is 19.0 Å². The van der Waals surface area contributed by atoms with Crippen molar-refractivity contribution in [1.29, 1.82) is 0 Å². The van der Waals surface area contributed by atoms with Crippen molar-refractivity contribution in [2.75, 3.05) is 18.0 Å². The lowest BCUT2D eigenvalue weighted by atomic mass is 9.91. The summed E-state index contributed by atoms with van der Waals surface area (Å²) in [5.74, 6) is 0.234. The molecule has 10 heteroatoms. The van der Waals surface area contributed by atoms with E-state index in [0.29, 0.717) is 54.0 Å². The molecule has 168 valence electrons. The maximum atomic E-state index is 13.2. The number of hydrogen-bond donors (Lipinski definition) is 1. The molecule has 4 aromatic rings. The molecule has 1 N–H and O–H groups in total. The minimum Gasteiger partial charge on any atom is -0.388 e. The molecule has 4 heterocycles. The van der Waals surface area contributed by atoms with Crippen molar-refractivity contribution in [2.24, 2.45) is 0 Å². The number of aldehydes is 1. The van der Waals surface area contributed by atoms with Crippen molar-refractivity contribution in [3.8, 4) is 5.69 Å². The molecule has 5 rings (SSSR count). The third-order valence-corrected chi connectivity index (χ3v) is 6.03. The zero-order valence-corrected chi connectivity index (χ0v) is 17.6. The number of fused-ring (bicyclic) bond motifs is 1. The Morgan fingerprint density at radius 3 is 2.61 bits per heavy atom. The van der Waals surface area contributed by atoms with Crippen LogP contribution in [0.5, 0.6) is 0 Å². The van der Waals surface area contributed by atoms with E-state index in [4.69, 9.17) is 0 Å². The van der Waals surface area contributed by atoms with Gasteiger partial charge in [0.15, 0.2) is 11.9 Å². The highest BCUT2D eigenvalue weighted by Crippen LogP contribution is 2.28. The number of carbonyl (C=O) groups is 1. The van der Waals surface area contributed by atoms with Crippen LogP contribution in [0, 0.1) is 5.82 Å². The zero-order chi connectivity index (χ0) is 23.0. The maximum absolute atomic E-state index is 13.2. The maximum Gasteiger partial charge on any atom is 0.264 e. The summed E-state index contributed by atoms with van der Waals surface area (Å²) in [6, 6.07) is 9.17. The SMILES string of the molecule is O=Cc1cccnc1N1CCC(O)(Cn2cnc3c(cnn3-c3ccc(F)cc3)c2=O)CC1. The number of aromatic nitrogens is 5. The van der Waals surface area contributed by atoms with Crippen molar-refractivity contribution in [1.82, 2.24) is 24.3 Å². The Balaban J connectivity index is 1.36. The molecule has 0 atom stereocenters. The van der Waals surface area contributed by atoms with Crippen molar-refractivity contribution >= 4 is 23.1 Å². The third kappa shape index (κ3) is 3.89. The normalized spacial score (nSPS) is 15.6. The summed E-state index contributed by atoms with van der Waals surface area (Å²) in [5, 5.41) is 15.7. The first-order valence-electron chi connectivity index (χ1n) is 10.5. The molecule has 1 aliphatic rings. The lowest BCUT2D eigenvalue weighted by Crippen LogP contribution is -2.48. The number of pyridine rings is 1. The Kier molecular flexibility index (Phi) is 5.21. The van der Waals surface area contributed by atoms with Crippen molar-refractivity contribution in [3.05, 3.63) is 76.9 Å². The second-order valence-corrected chi connectivity index (χ2v) is 8.19. The van der Waals surface area contributed by atoms with Gasteiger partial charge in [-0.3, -0.25) is 14.2 Å². The van der Waals surface area contributed by atoms with Crippen LogP contribution in [0.1, 0.15) is 23.2 Å². The van der Waals surface area contributed by atoms with Crippen LogP contribution in [0.15, 0.2) is 59.9 Å². The van der Waals surface area contributed by atoms with Gasteiger partial charge in [0.05, 0.1) is 29.6 Å². The van der Waals surface area contributed by atoms with E-state index in [9.17, 15) is 19.1 Å². The Labute approximate surface area is 187 Å². The summed E-state index contributed by atoms with van der Waals surface area (Å²) in [7, 11) is 0. The molecule has 0 saturated carbocycles. The molecule has 1 aliphatic heterocycles. The van der Waals surface area contributed by atoms with Crippen LogP contribution >= 0.6 is 0 Å². The largest absolute Gasteiger partial charge is 0.388 e. The van der Waals surface area contributed by atoms with E-state index in [0.717, 1.165) is 6.29 Å².